The molecular formula is C12H27N3O3S. The van der Waals surface area contributed by atoms with Gasteiger partial charge in [0.25, 0.3) is 10.2 Å². The molecule has 0 aromatic heterocycles. The van der Waals surface area contributed by atoms with Gasteiger partial charge in [0.15, 0.2) is 0 Å². The predicted octanol–water partition coefficient (Wildman–Crippen LogP) is 0.273. The molecule has 0 aromatic carbocycles. The van der Waals surface area contributed by atoms with E-state index in [0.717, 1.165) is 19.4 Å². The van der Waals surface area contributed by atoms with Crippen LogP contribution in [0.15, 0.2) is 0 Å². The topological polar surface area (TPSA) is 61.9 Å². The van der Waals surface area contributed by atoms with Crippen LogP contribution in [0.5, 0.6) is 0 Å². The van der Waals surface area contributed by atoms with E-state index in [2.05, 4.69) is 5.32 Å². The van der Waals surface area contributed by atoms with Crippen molar-refractivity contribution in [3.8, 4) is 0 Å². The Kier molecular flexibility index (Phi) is 7.23. The maximum absolute atomic E-state index is 12.5. The highest BCUT2D eigenvalue weighted by atomic mass is 32.2. The van der Waals surface area contributed by atoms with Gasteiger partial charge in [0.2, 0.25) is 0 Å². The van der Waals surface area contributed by atoms with Gasteiger partial charge in [0.1, 0.15) is 0 Å². The lowest BCUT2D eigenvalue weighted by Crippen LogP contribution is -2.49. The summed E-state index contributed by atoms with van der Waals surface area (Å²) in [5, 5.41) is 3.21. The summed E-state index contributed by atoms with van der Waals surface area (Å²) in [5.41, 5.74) is 0. The van der Waals surface area contributed by atoms with Gasteiger partial charge >= 0.3 is 0 Å². The fourth-order valence-corrected chi connectivity index (χ4v) is 3.73. The van der Waals surface area contributed by atoms with Crippen LogP contribution in [-0.4, -0.2) is 69.5 Å². The quantitative estimate of drug-likeness (QED) is 0.698. The van der Waals surface area contributed by atoms with Crippen LogP contribution in [0.3, 0.4) is 0 Å². The molecule has 1 unspecified atom stereocenters. The Morgan fingerprint density at radius 2 is 1.89 bits per heavy atom. The number of hydrogen-bond donors (Lipinski definition) is 1. The van der Waals surface area contributed by atoms with Crippen molar-refractivity contribution in [2.45, 2.75) is 32.8 Å². The molecule has 1 N–H and O–H groups in total. The standard InChI is InChI=1S/C12H27N3O3S/c1-4-7-15(8-5-2)19(16,17)14(3)11-12-10-13-6-9-18-12/h12-13H,4-11H2,1-3H3. The third-order valence-corrected chi connectivity index (χ3v) is 5.09. The first kappa shape index (κ1) is 16.8. The minimum atomic E-state index is -3.37. The van der Waals surface area contributed by atoms with E-state index in [1.54, 1.807) is 11.4 Å². The molecule has 0 amide bonds. The van der Waals surface area contributed by atoms with Crippen molar-refractivity contribution in [2.24, 2.45) is 0 Å². The van der Waals surface area contributed by atoms with Crippen molar-refractivity contribution in [2.75, 3.05) is 46.4 Å². The van der Waals surface area contributed by atoms with Crippen molar-refractivity contribution in [1.29, 1.82) is 0 Å². The van der Waals surface area contributed by atoms with Crippen LogP contribution in [0.25, 0.3) is 0 Å². The van der Waals surface area contributed by atoms with Gasteiger partial charge in [-0.3, -0.25) is 0 Å². The van der Waals surface area contributed by atoms with Crippen LogP contribution in [0, 0.1) is 0 Å². The summed E-state index contributed by atoms with van der Waals surface area (Å²) >= 11 is 0. The maximum Gasteiger partial charge on any atom is 0.281 e. The summed E-state index contributed by atoms with van der Waals surface area (Å²) in [5.74, 6) is 0. The first-order valence-electron chi connectivity index (χ1n) is 7.06. The monoisotopic (exact) mass is 293 g/mol. The van der Waals surface area contributed by atoms with Gasteiger partial charge in [-0.25, -0.2) is 0 Å². The Morgan fingerprint density at radius 1 is 1.26 bits per heavy atom. The zero-order valence-corrected chi connectivity index (χ0v) is 13.1. The molecule has 1 rings (SSSR count). The molecule has 1 fully saturated rings. The number of nitrogens with zero attached hydrogens (tertiary/aromatic N) is 2. The Hall–Kier alpha value is -0.210. The second-order valence-electron chi connectivity index (χ2n) is 4.88. The van der Waals surface area contributed by atoms with Crippen molar-refractivity contribution in [3.63, 3.8) is 0 Å². The number of rotatable bonds is 8. The van der Waals surface area contributed by atoms with E-state index in [9.17, 15) is 8.42 Å². The van der Waals surface area contributed by atoms with Gasteiger partial charge in [-0.05, 0) is 12.8 Å². The fourth-order valence-electron chi connectivity index (χ4n) is 2.16. The molecule has 0 saturated carbocycles. The third-order valence-electron chi connectivity index (χ3n) is 3.13. The second kappa shape index (κ2) is 8.16. The van der Waals surface area contributed by atoms with Crippen molar-refractivity contribution in [3.05, 3.63) is 0 Å². The fraction of sp³-hybridized carbons (Fsp3) is 1.00. The summed E-state index contributed by atoms with van der Waals surface area (Å²) in [6.45, 7) is 7.73. The summed E-state index contributed by atoms with van der Waals surface area (Å²) in [7, 11) is -1.74. The van der Waals surface area contributed by atoms with Crippen molar-refractivity contribution >= 4 is 10.2 Å². The lowest BCUT2D eigenvalue weighted by molar-refractivity contribution is 0.0199. The minimum Gasteiger partial charge on any atom is -0.374 e. The van der Waals surface area contributed by atoms with Crippen molar-refractivity contribution in [1.82, 2.24) is 13.9 Å². The molecule has 0 radical (unpaired) electrons. The van der Waals surface area contributed by atoms with Crippen LogP contribution in [-0.2, 0) is 14.9 Å². The molecule has 0 spiro atoms. The molecule has 19 heavy (non-hydrogen) atoms. The zero-order chi connectivity index (χ0) is 14.3. The number of likely N-dealkylation sites (N-methyl/N-ethyl adjacent to an activating group) is 1. The highest BCUT2D eigenvalue weighted by molar-refractivity contribution is 7.86. The molecule has 7 heteroatoms. The average Bonchev–Trinajstić information content (AvgIpc) is 2.39. The van der Waals surface area contributed by atoms with E-state index >= 15 is 0 Å². The molecule has 1 aliphatic heterocycles. The van der Waals surface area contributed by atoms with Crippen LogP contribution >= 0.6 is 0 Å². The number of ether oxygens (including phenoxy) is 1. The van der Waals surface area contributed by atoms with E-state index in [0.29, 0.717) is 32.8 Å². The van der Waals surface area contributed by atoms with Crippen LogP contribution in [0.1, 0.15) is 26.7 Å². The highest BCUT2D eigenvalue weighted by Crippen LogP contribution is 2.10. The highest BCUT2D eigenvalue weighted by Gasteiger charge is 2.28. The smallest absolute Gasteiger partial charge is 0.281 e. The summed E-state index contributed by atoms with van der Waals surface area (Å²) in [6, 6.07) is 0. The molecule has 114 valence electrons. The van der Waals surface area contributed by atoms with Gasteiger partial charge in [0, 0.05) is 39.8 Å². The molecular weight excluding hydrogens is 266 g/mol. The number of morpholine rings is 1. The minimum absolute atomic E-state index is 0.0568. The molecule has 1 saturated heterocycles. The summed E-state index contributed by atoms with van der Waals surface area (Å²) < 4.78 is 33.4. The SMILES string of the molecule is CCCN(CCC)S(=O)(=O)N(C)CC1CNCCO1. The van der Waals surface area contributed by atoms with Crippen molar-refractivity contribution < 1.29 is 13.2 Å². The molecule has 1 aliphatic rings. The first-order chi connectivity index (χ1) is 9.02. The molecule has 1 heterocycles. The molecule has 0 aliphatic carbocycles. The molecule has 0 bridgehead atoms. The predicted molar refractivity (Wildman–Crippen MR) is 76.3 cm³/mol. The normalized spacial score (nSPS) is 21.2. The van der Waals surface area contributed by atoms with Gasteiger partial charge in [-0.15, -0.1) is 0 Å². The Balaban J connectivity index is 2.62. The lowest BCUT2D eigenvalue weighted by Gasteiger charge is -2.31. The van der Waals surface area contributed by atoms with Gasteiger partial charge in [0.05, 0.1) is 12.7 Å². The van der Waals surface area contributed by atoms with E-state index in [1.165, 1.54) is 4.31 Å². The van der Waals surface area contributed by atoms with Gasteiger partial charge in [-0.2, -0.15) is 17.0 Å². The van der Waals surface area contributed by atoms with E-state index < -0.39 is 10.2 Å². The summed E-state index contributed by atoms with van der Waals surface area (Å²) in [6.07, 6.45) is 1.60. The molecule has 1 atom stereocenters. The van der Waals surface area contributed by atoms with E-state index in [1.807, 2.05) is 13.8 Å². The molecule has 0 aromatic rings. The lowest BCUT2D eigenvalue weighted by atomic mass is 10.3. The van der Waals surface area contributed by atoms with Crippen LogP contribution < -0.4 is 5.32 Å². The Labute approximate surface area is 117 Å². The van der Waals surface area contributed by atoms with E-state index in [4.69, 9.17) is 4.74 Å². The second-order valence-corrected chi connectivity index (χ2v) is 6.92. The first-order valence-corrected chi connectivity index (χ1v) is 8.45. The zero-order valence-electron chi connectivity index (χ0n) is 12.3. The van der Waals surface area contributed by atoms with Crippen LogP contribution in [0.2, 0.25) is 0 Å². The Morgan fingerprint density at radius 3 is 2.37 bits per heavy atom. The average molecular weight is 293 g/mol. The van der Waals surface area contributed by atoms with E-state index in [-0.39, 0.29) is 6.10 Å². The largest absolute Gasteiger partial charge is 0.374 e. The number of nitrogens with one attached hydrogen (secondary N) is 1. The van der Waals surface area contributed by atoms with Crippen LogP contribution in [0.4, 0.5) is 0 Å². The molecule has 6 nitrogen and oxygen atoms in total. The number of hydrogen-bond acceptors (Lipinski definition) is 4. The Bertz CT molecular complexity index is 336. The summed E-state index contributed by atoms with van der Waals surface area (Å²) in [4.78, 5) is 0. The van der Waals surface area contributed by atoms with Gasteiger partial charge in [-0.1, -0.05) is 13.8 Å². The van der Waals surface area contributed by atoms with Gasteiger partial charge < -0.3 is 10.1 Å². The maximum atomic E-state index is 12.5. The third kappa shape index (κ3) is 5.00.